The van der Waals surface area contributed by atoms with Crippen LogP contribution in [0.15, 0.2) is 6.20 Å². The Bertz CT molecular complexity index is 810. The van der Waals surface area contributed by atoms with Gasteiger partial charge in [0.2, 0.25) is 5.91 Å². The normalized spacial score (nSPS) is 19.3. The van der Waals surface area contributed by atoms with Crippen LogP contribution in [0.3, 0.4) is 0 Å². The number of amides is 1. The van der Waals surface area contributed by atoms with Gasteiger partial charge in [-0.1, -0.05) is 0 Å². The predicted octanol–water partition coefficient (Wildman–Crippen LogP) is 1.91. The van der Waals surface area contributed by atoms with E-state index in [4.69, 9.17) is 0 Å². The molecule has 2 aliphatic rings. The van der Waals surface area contributed by atoms with Crippen molar-refractivity contribution in [1.82, 2.24) is 24.7 Å². The van der Waals surface area contributed by atoms with E-state index in [9.17, 15) is 4.79 Å². The fourth-order valence-electron chi connectivity index (χ4n) is 3.93. The number of aromatic nitrogens is 2. The third-order valence-electron chi connectivity index (χ3n) is 5.56. The molecule has 0 aliphatic carbocycles. The Morgan fingerprint density at radius 3 is 2.73 bits per heavy atom. The number of piperazine rings is 1. The molecule has 1 fully saturated rings. The van der Waals surface area contributed by atoms with E-state index in [1.54, 1.807) is 11.3 Å². The topological polar surface area (TPSA) is 52.6 Å². The van der Waals surface area contributed by atoms with Crippen molar-refractivity contribution in [1.29, 1.82) is 0 Å². The zero-order chi connectivity index (χ0) is 18.3. The maximum Gasteiger partial charge on any atom is 0.236 e. The summed E-state index contributed by atoms with van der Waals surface area (Å²) in [6.45, 7) is 12.4. The second-order valence-electron chi connectivity index (χ2n) is 7.61. The van der Waals surface area contributed by atoms with Crippen LogP contribution in [0.1, 0.15) is 30.1 Å². The van der Waals surface area contributed by atoms with Crippen LogP contribution in [0.5, 0.6) is 0 Å². The van der Waals surface area contributed by atoms with E-state index in [2.05, 4.69) is 33.6 Å². The van der Waals surface area contributed by atoms with Crippen LogP contribution in [-0.4, -0.2) is 75.9 Å². The Labute approximate surface area is 158 Å². The minimum atomic E-state index is 0.272. The van der Waals surface area contributed by atoms with Gasteiger partial charge < -0.3 is 4.90 Å². The molecule has 140 valence electrons. The minimum Gasteiger partial charge on any atom is -0.339 e. The van der Waals surface area contributed by atoms with Crippen molar-refractivity contribution in [2.75, 3.05) is 39.3 Å². The third-order valence-corrected chi connectivity index (χ3v) is 6.68. The van der Waals surface area contributed by atoms with Gasteiger partial charge in [-0.05, 0) is 32.8 Å². The average Bonchev–Trinajstić information content (AvgIpc) is 2.98. The van der Waals surface area contributed by atoms with Crippen molar-refractivity contribution >= 4 is 27.5 Å². The van der Waals surface area contributed by atoms with Crippen molar-refractivity contribution in [3.8, 4) is 0 Å². The summed E-state index contributed by atoms with van der Waals surface area (Å²) in [7, 11) is 0. The molecule has 7 heteroatoms. The van der Waals surface area contributed by atoms with Gasteiger partial charge in [0.05, 0.1) is 6.54 Å². The molecule has 1 saturated heterocycles. The summed E-state index contributed by atoms with van der Waals surface area (Å²) >= 11 is 1.76. The Hall–Kier alpha value is -1.57. The van der Waals surface area contributed by atoms with Gasteiger partial charge in [0.25, 0.3) is 0 Å². The van der Waals surface area contributed by atoms with Crippen molar-refractivity contribution in [3.05, 3.63) is 22.5 Å². The number of thiophene rings is 1. The van der Waals surface area contributed by atoms with Crippen LogP contribution in [0.25, 0.3) is 10.2 Å². The molecule has 0 N–H and O–H groups in total. The molecule has 0 unspecified atom stereocenters. The van der Waals surface area contributed by atoms with E-state index in [0.717, 1.165) is 56.3 Å². The number of aryl methyl sites for hydroxylation is 1. The summed E-state index contributed by atoms with van der Waals surface area (Å²) in [4.78, 5) is 30.8. The van der Waals surface area contributed by atoms with E-state index < -0.39 is 0 Å². The summed E-state index contributed by atoms with van der Waals surface area (Å²) in [6.07, 6.45) is 2.94. The number of hydrogen-bond acceptors (Lipinski definition) is 6. The summed E-state index contributed by atoms with van der Waals surface area (Å²) in [5.41, 5.74) is 1.39. The van der Waals surface area contributed by atoms with Crippen LogP contribution >= 0.6 is 11.3 Å². The number of rotatable bonds is 3. The first-order valence-electron chi connectivity index (χ1n) is 9.49. The molecule has 0 atom stereocenters. The zero-order valence-corrected chi connectivity index (χ0v) is 16.7. The summed E-state index contributed by atoms with van der Waals surface area (Å²) in [5.74, 6) is 1.09. The molecule has 0 aromatic carbocycles. The summed E-state index contributed by atoms with van der Waals surface area (Å²) in [6, 6.07) is 0.562. The highest BCUT2D eigenvalue weighted by atomic mass is 32.1. The lowest BCUT2D eigenvalue weighted by molar-refractivity contribution is -0.134. The number of carbonyl (C=O) groups is 1. The van der Waals surface area contributed by atoms with E-state index in [-0.39, 0.29) is 5.91 Å². The van der Waals surface area contributed by atoms with Crippen LogP contribution in [0.4, 0.5) is 0 Å². The van der Waals surface area contributed by atoms with Crippen LogP contribution in [0, 0.1) is 6.92 Å². The molecule has 2 aliphatic heterocycles. The molecule has 4 rings (SSSR count). The largest absolute Gasteiger partial charge is 0.339 e. The molecule has 26 heavy (non-hydrogen) atoms. The van der Waals surface area contributed by atoms with Crippen LogP contribution in [-0.2, 0) is 17.8 Å². The molecule has 2 aromatic heterocycles. The van der Waals surface area contributed by atoms with Crippen molar-refractivity contribution in [3.63, 3.8) is 0 Å². The van der Waals surface area contributed by atoms with Gasteiger partial charge in [-0.2, -0.15) is 0 Å². The maximum atomic E-state index is 12.7. The first-order chi connectivity index (χ1) is 12.5. The monoisotopic (exact) mass is 373 g/mol. The number of fused-ring (bicyclic) bond motifs is 3. The molecule has 0 saturated carbocycles. The molecule has 4 heterocycles. The number of nitrogens with zero attached hydrogens (tertiary/aromatic N) is 5. The Morgan fingerprint density at radius 2 is 2.00 bits per heavy atom. The van der Waals surface area contributed by atoms with Gasteiger partial charge in [0.15, 0.2) is 0 Å². The molecular formula is C19H27N5OS. The lowest BCUT2D eigenvalue weighted by Crippen LogP contribution is -2.53. The average molecular weight is 374 g/mol. The van der Waals surface area contributed by atoms with Gasteiger partial charge in [-0.25, -0.2) is 9.97 Å². The quantitative estimate of drug-likeness (QED) is 0.823. The molecular weight excluding hydrogens is 346 g/mol. The molecule has 2 aromatic rings. The van der Waals surface area contributed by atoms with E-state index >= 15 is 0 Å². The highest BCUT2D eigenvalue weighted by molar-refractivity contribution is 7.18. The standard InChI is InChI=1S/C19H27N5OS/c1-13(2)23-6-8-24(9-7-23)18(25)12-22-5-4-15-16-10-20-14(3)21-19(16)26-17(15)11-22/h10,13H,4-9,11-12H2,1-3H3. The second kappa shape index (κ2) is 7.21. The molecule has 0 bridgehead atoms. The van der Waals surface area contributed by atoms with Crippen molar-refractivity contribution < 1.29 is 4.79 Å². The predicted molar refractivity (Wildman–Crippen MR) is 104 cm³/mol. The lowest BCUT2D eigenvalue weighted by Gasteiger charge is -2.38. The van der Waals surface area contributed by atoms with Gasteiger partial charge in [-0.15, -0.1) is 11.3 Å². The summed E-state index contributed by atoms with van der Waals surface area (Å²) in [5, 5.41) is 1.20. The van der Waals surface area contributed by atoms with Crippen LogP contribution in [0.2, 0.25) is 0 Å². The van der Waals surface area contributed by atoms with E-state index in [1.807, 2.05) is 18.0 Å². The molecule has 6 nitrogen and oxygen atoms in total. The van der Waals surface area contributed by atoms with E-state index in [1.165, 1.54) is 15.8 Å². The number of hydrogen-bond donors (Lipinski definition) is 0. The zero-order valence-electron chi connectivity index (χ0n) is 15.9. The Kier molecular flexibility index (Phi) is 4.94. The lowest BCUT2D eigenvalue weighted by atomic mass is 10.1. The SMILES string of the molecule is Cc1ncc2c3c(sc2n1)CN(CC(=O)N1CCN(C(C)C)CC1)CC3. The Balaban J connectivity index is 1.38. The fourth-order valence-corrected chi connectivity index (χ4v) is 5.21. The van der Waals surface area contributed by atoms with Gasteiger partial charge in [0, 0.05) is 61.8 Å². The third kappa shape index (κ3) is 3.48. The van der Waals surface area contributed by atoms with Crippen LogP contribution < -0.4 is 0 Å². The molecule has 0 spiro atoms. The highest BCUT2D eigenvalue weighted by Gasteiger charge is 2.27. The highest BCUT2D eigenvalue weighted by Crippen LogP contribution is 2.33. The second-order valence-corrected chi connectivity index (χ2v) is 8.69. The number of carbonyl (C=O) groups excluding carboxylic acids is 1. The first kappa shape index (κ1) is 17.8. The molecule has 0 radical (unpaired) electrons. The summed E-state index contributed by atoms with van der Waals surface area (Å²) < 4.78 is 0. The first-order valence-corrected chi connectivity index (χ1v) is 10.3. The van der Waals surface area contributed by atoms with Crippen molar-refractivity contribution in [2.24, 2.45) is 0 Å². The smallest absolute Gasteiger partial charge is 0.236 e. The van der Waals surface area contributed by atoms with Gasteiger partial charge in [-0.3, -0.25) is 14.6 Å². The van der Waals surface area contributed by atoms with Gasteiger partial charge in [0.1, 0.15) is 10.7 Å². The van der Waals surface area contributed by atoms with Crippen molar-refractivity contribution in [2.45, 2.75) is 39.8 Å². The Morgan fingerprint density at radius 1 is 1.23 bits per heavy atom. The van der Waals surface area contributed by atoms with E-state index in [0.29, 0.717) is 12.6 Å². The fraction of sp³-hybridized carbons (Fsp3) is 0.632. The maximum absolute atomic E-state index is 12.7. The van der Waals surface area contributed by atoms with Gasteiger partial charge >= 0.3 is 0 Å². The minimum absolute atomic E-state index is 0.272. The molecule has 1 amide bonds.